The average Bonchev–Trinajstić information content (AvgIpc) is 2.96. The first-order valence-electron chi connectivity index (χ1n) is 11.3. The predicted octanol–water partition coefficient (Wildman–Crippen LogP) is 6.10. The molecule has 2 aromatic rings. The molecule has 2 fully saturated rings. The molecule has 0 unspecified atom stereocenters. The lowest BCUT2D eigenvalue weighted by Gasteiger charge is -2.53. The zero-order valence-electron chi connectivity index (χ0n) is 17.8. The fraction of sp³-hybridized carbons (Fsp3) is 0.481. The van der Waals surface area contributed by atoms with Crippen LogP contribution in [0.1, 0.15) is 61.6 Å². The van der Waals surface area contributed by atoms with Crippen molar-refractivity contribution in [3.05, 3.63) is 77.1 Å². The van der Waals surface area contributed by atoms with Crippen LogP contribution in [0, 0.1) is 23.2 Å². The van der Waals surface area contributed by atoms with E-state index in [1.165, 1.54) is 23.6 Å². The van der Waals surface area contributed by atoms with Gasteiger partial charge in [0, 0.05) is 5.92 Å². The molecule has 2 saturated carbocycles. The minimum Gasteiger partial charge on any atom is -0.508 e. The highest BCUT2D eigenvalue weighted by molar-refractivity contribution is 5.43. The number of aliphatic hydroxyl groups excluding tert-OH is 1. The summed E-state index contributed by atoms with van der Waals surface area (Å²) in [5, 5.41) is 21.1. The lowest BCUT2D eigenvalue weighted by atomic mass is 9.50. The maximum absolute atomic E-state index is 14.1. The van der Waals surface area contributed by atoms with Gasteiger partial charge in [0.15, 0.2) is 0 Å². The molecule has 0 bridgehead atoms. The van der Waals surface area contributed by atoms with Crippen molar-refractivity contribution >= 4 is 0 Å². The molecule has 0 radical (unpaired) electrons. The number of halogens is 1. The molecule has 158 valence electrons. The number of fused-ring (bicyclic) bond motifs is 5. The molecule has 3 aliphatic carbocycles. The molecular formula is C27H31FO2. The van der Waals surface area contributed by atoms with Crippen LogP contribution in [0.5, 0.6) is 5.75 Å². The monoisotopic (exact) mass is 406 g/mol. The van der Waals surface area contributed by atoms with Gasteiger partial charge in [-0.1, -0.05) is 43.3 Å². The molecule has 0 aliphatic heterocycles. The number of aromatic hydroxyl groups is 1. The first kappa shape index (κ1) is 19.8. The van der Waals surface area contributed by atoms with Gasteiger partial charge in [-0.15, -0.1) is 0 Å². The lowest BCUT2D eigenvalue weighted by Crippen LogP contribution is -2.45. The standard InChI is InChI=1S/C27H31FO2/c1-16(28)12-23-24(30)15-27(2)11-10-21-20-9-8-19(29)13-18(20)14-22(25(21)26(23)27)17-6-4-3-5-7-17/h3-9,12-13,21-26,29-30H,10-11,14-15H2,1-2H3/t21-,22+,23+,24-,25+,26+,27-/m1/s1. The Morgan fingerprint density at radius 2 is 1.90 bits per heavy atom. The zero-order chi connectivity index (χ0) is 21.0. The first-order valence-corrected chi connectivity index (χ1v) is 11.3. The Kier molecular flexibility index (Phi) is 4.77. The molecule has 0 spiro atoms. The molecular weight excluding hydrogens is 375 g/mol. The molecule has 2 N–H and O–H groups in total. The van der Waals surface area contributed by atoms with E-state index in [1.807, 2.05) is 12.1 Å². The van der Waals surface area contributed by atoms with Gasteiger partial charge in [0.05, 0.1) is 11.9 Å². The van der Waals surface area contributed by atoms with Gasteiger partial charge >= 0.3 is 0 Å². The normalized spacial score (nSPS) is 37.9. The van der Waals surface area contributed by atoms with Gasteiger partial charge in [-0.3, -0.25) is 0 Å². The summed E-state index contributed by atoms with van der Waals surface area (Å²) in [5.41, 5.74) is 3.92. The van der Waals surface area contributed by atoms with Gasteiger partial charge in [0.1, 0.15) is 5.75 Å². The van der Waals surface area contributed by atoms with Crippen molar-refractivity contribution < 1.29 is 14.6 Å². The van der Waals surface area contributed by atoms with Crippen LogP contribution < -0.4 is 0 Å². The Morgan fingerprint density at radius 3 is 2.63 bits per heavy atom. The van der Waals surface area contributed by atoms with E-state index in [0.717, 1.165) is 25.7 Å². The van der Waals surface area contributed by atoms with Crippen molar-refractivity contribution in [1.29, 1.82) is 0 Å². The number of phenols is 1. The number of rotatable bonds is 2. The number of allylic oxidation sites excluding steroid dienone is 1. The summed E-state index contributed by atoms with van der Waals surface area (Å²) in [6, 6.07) is 16.5. The Hall–Kier alpha value is -2.13. The minimum absolute atomic E-state index is 0.0264. The molecule has 0 aromatic heterocycles. The number of hydrogen-bond donors (Lipinski definition) is 2. The highest BCUT2D eigenvalue weighted by Crippen LogP contribution is 2.65. The molecule has 0 amide bonds. The van der Waals surface area contributed by atoms with Gasteiger partial charge in [0.25, 0.3) is 0 Å². The van der Waals surface area contributed by atoms with Crippen LogP contribution in [-0.4, -0.2) is 16.3 Å². The number of aliphatic hydroxyl groups is 1. The van der Waals surface area contributed by atoms with E-state index < -0.39 is 6.10 Å². The minimum atomic E-state index is -0.484. The Labute approximate surface area is 178 Å². The Bertz CT molecular complexity index is 964. The maximum Gasteiger partial charge on any atom is 0.115 e. The fourth-order valence-corrected chi connectivity index (χ4v) is 7.29. The highest BCUT2D eigenvalue weighted by atomic mass is 19.1. The number of benzene rings is 2. The maximum atomic E-state index is 14.1. The van der Waals surface area contributed by atoms with Crippen LogP contribution in [0.4, 0.5) is 4.39 Å². The average molecular weight is 407 g/mol. The van der Waals surface area contributed by atoms with Gasteiger partial charge in [0.2, 0.25) is 0 Å². The summed E-state index contributed by atoms with van der Waals surface area (Å²) < 4.78 is 14.1. The van der Waals surface area contributed by atoms with Gasteiger partial charge in [-0.2, -0.15) is 0 Å². The van der Waals surface area contributed by atoms with E-state index in [2.05, 4.69) is 37.3 Å². The van der Waals surface area contributed by atoms with Crippen molar-refractivity contribution in [1.82, 2.24) is 0 Å². The molecule has 3 aliphatic rings. The third-order valence-electron chi connectivity index (χ3n) is 8.33. The SMILES string of the molecule is CC(F)=C[C@@H]1[C@H]2[C@H]3[C@H](CC[C@]2(C)C[C@H]1O)c1ccc(O)cc1C[C@H]3c1ccccc1. The smallest absolute Gasteiger partial charge is 0.115 e. The lowest BCUT2D eigenvalue weighted by molar-refractivity contribution is 0.0303. The van der Waals surface area contributed by atoms with Crippen molar-refractivity contribution in [2.75, 3.05) is 0 Å². The van der Waals surface area contributed by atoms with Crippen LogP contribution in [0.15, 0.2) is 60.4 Å². The molecule has 7 atom stereocenters. The summed E-state index contributed by atoms with van der Waals surface area (Å²) >= 11 is 0. The van der Waals surface area contributed by atoms with Gasteiger partial charge in [-0.05, 0) is 96.6 Å². The van der Waals surface area contributed by atoms with Gasteiger partial charge < -0.3 is 10.2 Å². The number of phenolic OH excluding ortho intramolecular Hbond substituents is 1. The van der Waals surface area contributed by atoms with E-state index in [-0.39, 0.29) is 23.1 Å². The van der Waals surface area contributed by atoms with Crippen molar-refractivity contribution in [2.45, 2.75) is 57.5 Å². The van der Waals surface area contributed by atoms with Crippen molar-refractivity contribution in [3.8, 4) is 5.75 Å². The van der Waals surface area contributed by atoms with Gasteiger partial charge in [-0.25, -0.2) is 4.39 Å². The molecule has 3 heteroatoms. The molecule has 30 heavy (non-hydrogen) atoms. The Balaban J connectivity index is 1.67. The van der Waals surface area contributed by atoms with Crippen LogP contribution in [-0.2, 0) is 6.42 Å². The zero-order valence-corrected chi connectivity index (χ0v) is 17.8. The van der Waals surface area contributed by atoms with E-state index in [0.29, 0.717) is 23.5 Å². The molecule has 2 aromatic carbocycles. The topological polar surface area (TPSA) is 40.5 Å². The first-order chi connectivity index (χ1) is 14.4. The highest BCUT2D eigenvalue weighted by Gasteiger charge is 2.59. The van der Waals surface area contributed by atoms with Crippen LogP contribution in [0.25, 0.3) is 0 Å². The molecule has 0 saturated heterocycles. The molecule has 2 nitrogen and oxygen atoms in total. The van der Waals surface area contributed by atoms with E-state index in [9.17, 15) is 14.6 Å². The second kappa shape index (κ2) is 7.23. The predicted molar refractivity (Wildman–Crippen MR) is 117 cm³/mol. The summed E-state index contributed by atoms with van der Waals surface area (Å²) in [6.07, 6.45) is 4.96. The largest absolute Gasteiger partial charge is 0.508 e. The van der Waals surface area contributed by atoms with Crippen LogP contribution in [0.2, 0.25) is 0 Å². The van der Waals surface area contributed by atoms with E-state index >= 15 is 0 Å². The van der Waals surface area contributed by atoms with Crippen LogP contribution in [0.3, 0.4) is 0 Å². The third kappa shape index (κ3) is 3.10. The third-order valence-corrected chi connectivity index (χ3v) is 8.33. The summed E-state index contributed by atoms with van der Waals surface area (Å²) in [7, 11) is 0. The second-order valence-electron chi connectivity index (χ2n) is 10.1. The summed E-state index contributed by atoms with van der Waals surface area (Å²) in [4.78, 5) is 0. The van der Waals surface area contributed by atoms with Crippen LogP contribution >= 0.6 is 0 Å². The molecule has 0 heterocycles. The second-order valence-corrected chi connectivity index (χ2v) is 10.1. The fourth-order valence-electron chi connectivity index (χ4n) is 7.29. The van der Waals surface area contributed by atoms with Crippen molar-refractivity contribution in [3.63, 3.8) is 0 Å². The summed E-state index contributed by atoms with van der Waals surface area (Å²) in [6.45, 7) is 3.81. The molecule has 5 rings (SSSR count). The van der Waals surface area contributed by atoms with E-state index in [1.54, 1.807) is 12.1 Å². The quantitative estimate of drug-likeness (QED) is 0.632. The van der Waals surface area contributed by atoms with Crippen molar-refractivity contribution in [2.24, 2.45) is 23.2 Å². The van der Waals surface area contributed by atoms with E-state index in [4.69, 9.17) is 0 Å². The summed E-state index contributed by atoms with van der Waals surface area (Å²) in [5.74, 6) is 1.25. The number of hydrogen-bond acceptors (Lipinski definition) is 2. The Morgan fingerprint density at radius 1 is 1.13 bits per heavy atom.